The van der Waals surface area contributed by atoms with Crippen molar-refractivity contribution in [3.8, 4) is 11.4 Å². The van der Waals surface area contributed by atoms with Crippen molar-refractivity contribution >= 4 is 11.3 Å². The van der Waals surface area contributed by atoms with E-state index < -0.39 is 0 Å². The Morgan fingerprint density at radius 2 is 2.27 bits per heavy atom. The van der Waals surface area contributed by atoms with Gasteiger partial charge in [0.05, 0.1) is 6.20 Å². The highest BCUT2D eigenvalue weighted by Gasteiger charge is 2.04. The molecule has 0 fully saturated rings. The molecule has 2 heterocycles. The van der Waals surface area contributed by atoms with Crippen LogP contribution >= 0.6 is 11.3 Å². The van der Waals surface area contributed by atoms with E-state index in [0.717, 1.165) is 29.5 Å². The van der Waals surface area contributed by atoms with Gasteiger partial charge >= 0.3 is 0 Å². The molecule has 0 saturated heterocycles. The molecule has 0 radical (unpaired) electrons. The lowest BCUT2D eigenvalue weighted by Crippen LogP contribution is -2.11. The third-order valence-electron chi connectivity index (χ3n) is 1.90. The van der Waals surface area contributed by atoms with Crippen LogP contribution < -0.4 is 5.32 Å². The molecule has 0 aromatic carbocycles. The van der Waals surface area contributed by atoms with Gasteiger partial charge in [-0.25, -0.2) is 4.98 Å². The third-order valence-corrected chi connectivity index (χ3v) is 2.75. The van der Waals surface area contributed by atoms with Crippen LogP contribution in [0.3, 0.4) is 0 Å². The van der Waals surface area contributed by atoms with E-state index in [1.54, 1.807) is 29.9 Å². The van der Waals surface area contributed by atoms with Crippen LogP contribution in [0.25, 0.3) is 11.4 Å². The lowest BCUT2D eigenvalue weighted by Gasteiger charge is -1.95. The van der Waals surface area contributed by atoms with Gasteiger partial charge in [-0.2, -0.15) is 0 Å². The van der Waals surface area contributed by atoms with E-state index in [9.17, 15) is 0 Å². The molecule has 0 aliphatic heterocycles. The van der Waals surface area contributed by atoms with Crippen LogP contribution in [0, 0.1) is 0 Å². The minimum atomic E-state index is 0.821. The maximum atomic E-state index is 4.47. The van der Waals surface area contributed by atoms with Gasteiger partial charge in [-0.05, 0) is 6.54 Å². The molecule has 0 bridgehead atoms. The molecule has 0 aliphatic carbocycles. The maximum absolute atomic E-state index is 4.47. The normalized spacial score (nSPS) is 10.5. The predicted molar refractivity (Wildman–Crippen MR) is 60.5 cm³/mol. The first-order chi connectivity index (χ1) is 7.40. The van der Waals surface area contributed by atoms with Gasteiger partial charge in [-0.1, -0.05) is 6.92 Å². The Hall–Kier alpha value is -1.33. The van der Waals surface area contributed by atoms with E-state index in [4.69, 9.17) is 0 Å². The summed E-state index contributed by atoms with van der Waals surface area (Å²) in [5.74, 6) is 0. The Morgan fingerprint density at radius 3 is 3.00 bits per heavy atom. The van der Waals surface area contributed by atoms with Crippen molar-refractivity contribution < 1.29 is 0 Å². The molecule has 0 amide bonds. The summed E-state index contributed by atoms with van der Waals surface area (Å²) in [6.45, 7) is 3.86. The van der Waals surface area contributed by atoms with Gasteiger partial charge < -0.3 is 5.32 Å². The number of rotatable bonds is 4. The number of nitrogens with zero attached hydrogens (tertiary/aromatic N) is 3. The van der Waals surface area contributed by atoms with Crippen LogP contribution in [0.1, 0.15) is 11.9 Å². The quantitative estimate of drug-likeness (QED) is 0.852. The van der Waals surface area contributed by atoms with Gasteiger partial charge in [0.1, 0.15) is 16.4 Å². The van der Waals surface area contributed by atoms with E-state index in [0.29, 0.717) is 0 Å². The van der Waals surface area contributed by atoms with E-state index in [1.807, 2.05) is 5.38 Å². The molecule has 2 aromatic heterocycles. The maximum Gasteiger partial charge on any atom is 0.108 e. The lowest BCUT2D eigenvalue weighted by molar-refractivity contribution is 0.723. The first kappa shape index (κ1) is 10.2. The van der Waals surface area contributed by atoms with Crippen LogP contribution in [0.2, 0.25) is 0 Å². The summed E-state index contributed by atoms with van der Waals surface area (Å²) in [5.41, 5.74) is 1.73. The molecule has 5 heteroatoms. The number of nitrogens with one attached hydrogen (secondary N) is 1. The summed E-state index contributed by atoms with van der Waals surface area (Å²) in [5, 5.41) is 6.33. The average molecular weight is 220 g/mol. The molecule has 0 spiro atoms. The van der Waals surface area contributed by atoms with Gasteiger partial charge in [0.25, 0.3) is 0 Å². The monoisotopic (exact) mass is 220 g/mol. The molecule has 0 saturated carbocycles. The van der Waals surface area contributed by atoms with Gasteiger partial charge in [0.15, 0.2) is 0 Å². The summed E-state index contributed by atoms with van der Waals surface area (Å²) in [4.78, 5) is 12.7. The molecule has 15 heavy (non-hydrogen) atoms. The number of hydrogen-bond donors (Lipinski definition) is 1. The first-order valence-electron chi connectivity index (χ1n) is 4.81. The minimum absolute atomic E-state index is 0.821. The molecule has 78 valence electrons. The molecule has 0 atom stereocenters. The van der Waals surface area contributed by atoms with E-state index in [-0.39, 0.29) is 0 Å². The Bertz CT molecular complexity index is 412. The highest BCUT2D eigenvalue weighted by molar-refractivity contribution is 7.09. The molecule has 4 nitrogen and oxygen atoms in total. The molecule has 0 aliphatic rings. The summed E-state index contributed by atoms with van der Waals surface area (Å²) in [7, 11) is 0. The third kappa shape index (κ3) is 2.57. The summed E-state index contributed by atoms with van der Waals surface area (Å²) >= 11 is 1.64. The Morgan fingerprint density at radius 1 is 1.33 bits per heavy atom. The SMILES string of the molecule is CCNCc1nc(-c2cnccn2)cs1. The standard InChI is InChI=1S/C10H12N4S/c1-2-11-6-10-14-9(7-15-10)8-5-12-3-4-13-8/h3-5,7,11H,2,6H2,1H3. The zero-order chi connectivity index (χ0) is 10.5. The summed E-state index contributed by atoms with van der Waals surface area (Å²) in [6.07, 6.45) is 5.07. The fourth-order valence-corrected chi connectivity index (χ4v) is 1.93. The fourth-order valence-electron chi connectivity index (χ4n) is 1.17. The molecular formula is C10H12N4S. The summed E-state index contributed by atoms with van der Waals surface area (Å²) in [6, 6.07) is 0. The molecule has 2 aromatic rings. The van der Waals surface area contributed by atoms with Gasteiger partial charge in [-0.3, -0.25) is 9.97 Å². The Balaban J connectivity index is 2.14. The van der Waals surface area contributed by atoms with Crippen LogP contribution in [-0.2, 0) is 6.54 Å². The first-order valence-corrected chi connectivity index (χ1v) is 5.69. The Kier molecular flexibility index (Phi) is 3.37. The van der Waals surface area contributed by atoms with Crippen molar-refractivity contribution in [3.63, 3.8) is 0 Å². The summed E-state index contributed by atoms with van der Waals surface area (Å²) < 4.78 is 0. The zero-order valence-corrected chi connectivity index (χ0v) is 9.29. The second kappa shape index (κ2) is 4.95. The van der Waals surface area contributed by atoms with Crippen molar-refractivity contribution in [2.75, 3.05) is 6.54 Å². The largest absolute Gasteiger partial charge is 0.311 e. The van der Waals surface area contributed by atoms with Gasteiger partial charge in [0, 0.05) is 24.3 Å². The highest BCUT2D eigenvalue weighted by atomic mass is 32.1. The highest BCUT2D eigenvalue weighted by Crippen LogP contribution is 2.18. The smallest absolute Gasteiger partial charge is 0.108 e. The Labute approximate surface area is 92.4 Å². The van der Waals surface area contributed by atoms with Crippen LogP contribution in [-0.4, -0.2) is 21.5 Å². The van der Waals surface area contributed by atoms with Crippen LogP contribution in [0.15, 0.2) is 24.0 Å². The predicted octanol–water partition coefficient (Wildman–Crippen LogP) is 1.71. The van der Waals surface area contributed by atoms with Crippen molar-refractivity contribution in [2.24, 2.45) is 0 Å². The second-order valence-electron chi connectivity index (χ2n) is 3.00. The second-order valence-corrected chi connectivity index (χ2v) is 3.94. The zero-order valence-electron chi connectivity index (χ0n) is 8.47. The van der Waals surface area contributed by atoms with Crippen LogP contribution in [0.5, 0.6) is 0 Å². The minimum Gasteiger partial charge on any atom is -0.311 e. The van der Waals surface area contributed by atoms with Gasteiger partial charge in [0.2, 0.25) is 0 Å². The lowest BCUT2D eigenvalue weighted by atomic mass is 10.3. The van der Waals surface area contributed by atoms with Crippen molar-refractivity contribution in [3.05, 3.63) is 29.0 Å². The van der Waals surface area contributed by atoms with E-state index in [2.05, 4.69) is 27.2 Å². The molecule has 2 rings (SSSR count). The molecular weight excluding hydrogens is 208 g/mol. The van der Waals surface area contributed by atoms with Crippen molar-refractivity contribution in [2.45, 2.75) is 13.5 Å². The fraction of sp³-hybridized carbons (Fsp3) is 0.300. The van der Waals surface area contributed by atoms with E-state index >= 15 is 0 Å². The van der Waals surface area contributed by atoms with Crippen molar-refractivity contribution in [1.82, 2.24) is 20.3 Å². The van der Waals surface area contributed by atoms with Crippen molar-refractivity contribution in [1.29, 1.82) is 0 Å². The number of thiazole rings is 1. The number of hydrogen-bond acceptors (Lipinski definition) is 5. The average Bonchev–Trinajstić information content (AvgIpc) is 2.76. The molecule has 0 unspecified atom stereocenters. The van der Waals surface area contributed by atoms with E-state index in [1.165, 1.54) is 0 Å². The topological polar surface area (TPSA) is 50.7 Å². The molecule has 1 N–H and O–H groups in total. The van der Waals surface area contributed by atoms with Gasteiger partial charge in [-0.15, -0.1) is 11.3 Å². The van der Waals surface area contributed by atoms with Crippen LogP contribution in [0.4, 0.5) is 0 Å². The number of aromatic nitrogens is 3.